The fourth-order valence-corrected chi connectivity index (χ4v) is 1.87. The second kappa shape index (κ2) is 7.15. The van der Waals surface area contributed by atoms with Crippen molar-refractivity contribution in [2.45, 2.75) is 33.0 Å². The van der Waals surface area contributed by atoms with E-state index >= 15 is 0 Å². The topological polar surface area (TPSA) is 41.1 Å². The van der Waals surface area contributed by atoms with E-state index < -0.39 is 11.7 Å². The molecule has 2 N–H and O–H groups in total. The quantitative estimate of drug-likeness (QED) is 0.825. The molecule has 0 heterocycles. The molecule has 0 aromatic heterocycles. The van der Waals surface area contributed by atoms with Gasteiger partial charge in [-0.05, 0) is 47.0 Å². The Bertz CT molecular complexity index is 503. The number of nitrogens with one attached hydrogen (secondary N) is 2. The van der Waals surface area contributed by atoms with Crippen LogP contribution in [0.2, 0.25) is 0 Å². The molecule has 0 radical (unpaired) electrons. The Kier molecular flexibility index (Phi) is 6.07. The van der Waals surface area contributed by atoms with Gasteiger partial charge >= 0.3 is 6.18 Å². The molecule has 0 aliphatic heterocycles. The van der Waals surface area contributed by atoms with Gasteiger partial charge in [0.25, 0.3) is 0 Å². The standard InChI is InChI=1S/C14H18BrF3N2O/c1-8(2)9(3)20-13(21)7-19-12-6-10(14(16,17)18)4-5-11(12)15/h4-6,8-9,19H,7H2,1-3H3,(H,20,21). The number of hydrogen-bond donors (Lipinski definition) is 2. The van der Waals surface area contributed by atoms with E-state index in [1.165, 1.54) is 6.07 Å². The zero-order valence-corrected chi connectivity index (χ0v) is 13.6. The summed E-state index contributed by atoms with van der Waals surface area (Å²) in [5.74, 6) is 0.0229. The molecule has 0 saturated heterocycles. The van der Waals surface area contributed by atoms with E-state index in [1.807, 2.05) is 20.8 Å². The van der Waals surface area contributed by atoms with E-state index in [2.05, 4.69) is 26.6 Å². The van der Waals surface area contributed by atoms with Crippen molar-refractivity contribution in [2.24, 2.45) is 5.92 Å². The maximum absolute atomic E-state index is 12.6. The Balaban J connectivity index is 2.69. The third-order valence-electron chi connectivity index (χ3n) is 3.12. The molecule has 1 aromatic rings. The number of alkyl halides is 3. The molecule has 0 fully saturated rings. The van der Waals surface area contributed by atoms with Crippen LogP contribution in [-0.2, 0) is 11.0 Å². The van der Waals surface area contributed by atoms with Gasteiger partial charge < -0.3 is 10.6 Å². The summed E-state index contributed by atoms with van der Waals surface area (Å²) in [4.78, 5) is 11.7. The van der Waals surface area contributed by atoms with Gasteiger partial charge in [-0.1, -0.05) is 13.8 Å². The summed E-state index contributed by atoms with van der Waals surface area (Å²) in [7, 11) is 0. The van der Waals surface area contributed by atoms with Gasteiger partial charge in [0.05, 0.1) is 12.1 Å². The minimum atomic E-state index is -4.41. The summed E-state index contributed by atoms with van der Waals surface area (Å²) in [5.41, 5.74) is -0.527. The number of hydrogen-bond acceptors (Lipinski definition) is 2. The van der Waals surface area contributed by atoms with Crippen LogP contribution in [0.4, 0.5) is 18.9 Å². The van der Waals surface area contributed by atoms with Crippen molar-refractivity contribution in [2.75, 3.05) is 11.9 Å². The van der Waals surface area contributed by atoms with Gasteiger partial charge in [-0.25, -0.2) is 0 Å². The first kappa shape index (κ1) is 17.8. The van der Waals surface area contributed by atoms with Crippen LogP contribution in [-0.4, -0.2) is 18.5 Å². The second-order valence-corrected chi connectivity index (χ2v) is 6.00. The molecule has 1 amide bonds. The van der Waals surface area contributed by atoms with Gasteiger partial charge in [0.1, 0.15) is 0 Å². The van der Waals surface area contributed by atoms with Crippen LogP contribution in [0.1, 0.15) is 26.3 Å². The lowest BCUT2D eigenvalue weighted by Gasteiger charge is -2.18. The van der Waals surface area contributed by atoms with Crippen LogP contribution < -0.4 is 10.6 Å². The molecule has 0 saturated carbocycles. The minimum absolute atomic E-state index is 0.00394. The van der Waals surface area contributed by atoms with Crippen molar-refractivity contribution in [3.8, 4) is 0 Å². The molecule has 0 aliphatic rings. The zero-order valence-electron chi connectivity index (χ0n) is 12.0. The molecular weight excluding hydrogens is 349 g/mol. The smallest absolute Gasteiger partial charge is 0.375 e. The lowest BCUT2D eigenvalue weighted by molar-refractivity contribution is -0.137. The van der Waals surface area contributed by atoms with E-state index in [4.69, 9.17) is 0 Å². The molecule has 1 unspecified atom stereocenters. The van der Waals surface area contributed by atoms with E-state index in [1.54, 1.807) is 0 Å². The summed E-state index contributed by atoms with van der Waals surface area (Å²) in [6.45, 7) is 5.74. The molecule has 0 bridgehead atoms. The van der Waals surface area contributed by atoms with E-state index in [0.29, 0.717) is 4.47 Å². The molecule has 7 heteroatoms. The average Bonchev–Trinajstić information content (AvgIpc) is 2.36. The summed E-state index contributed by atoms with van der Waals surface area (Å²) >= 11 is 3.16. The van der Waals surface area contributed by atoms with Crippen molar-refractivity contribution in [1.82, 2.24) is 5.32 Å². The molecular formula is C14H18BrF3N2O. The predicted molar refractivity (Wildman–Crippen MR) is 80.1 cm³/mol. The van der Waals surface area contributed by atoms with Crippen molar-refractivity contribution in [3.05, 3.63) is 28.2 Å². The molecule has 0 spiro atoms. The van der Waals surface area contributed by atoms with Crippen LogP contribution in [0.3, 0.4) is 0 Å². The van der Waals surface area contributed by atoms with Gasteiger partial charge in [0, 0.05) is 16.2 Å². The maximum Gasteiger partial charge on any atom is 0.416 e. The summed E-state index contributed by atoms with van der Waals surface area (Å²) in [5, 5.41) is 5.49. The Hall–Kier alpha value is -1.24. The number of anilines is 1. The molecule has 0 aliphatic carbocycles. The lowest BCUT2D eigenvalue weighted by atomic mass is 10.1. The van der Waals surface area contributed by atoms with Crippen molar-refractivity contribution in [1.29, 1.82) is 0 Å². The first-order valence-corrected chi connectivity index (χ1v) is 7.30. The van der Waals surface area contributed by atoms with E-state index in [-0.39, 0.29) is 30.1 Å². The second-order valence-electron chi connectivity index (χ2n) is 5.15. The first-order valence-electron chi connectivity index (χ1n) is 6.51. The Labute approximate surface area is 130 Å². The SMILES string of the molecule is CC(C)C(C)NC(=O)CNc1cc(C(F)(F)F)ccc1Br. The first-order chi connectivity index (χ1) is 9.61. The largest absolute Gasteiger partial charge is 0.416 e. The monoisotopic (exact) mass is 366 g/mol. The number of carbonyl (C=O) groups is 1. The number of halogens is 4. The van der Waals surface area contributed by atoms with Crippen molar-refractivity contribution in [3.63, 3.8) is 0 Å². The fourth-order valence-electron chi connectivity index (χ4n) is 1.48. The number of carbonyl (C=O) groups excluding carboxylic acids is 1. The highest BCUT2D eigenvalue weighted by molar-refractivity contribution is 9.10. The van der Waals surface area contributed by atoms with Crippen LogP contribution in [0.15, 0.2) is 22.7 Å². The number of rotatable bonds is 5. The highest BCUT2D eigenvalue weighted by Gasteiger charge is 2.30. The van der Waals surface area contributed by atoms with Crippen LogP contribution in [0.25, 0.3) is 0 Å². The predicted octanol–water partition coefficient (Wildman–Crippen LogP) is 4.04. The Morgan fingerprint density at radius 1 is 1.29 bits per heavy atom. The molecule has 3 nitrogen and oxygen atoms in total. The summed E-state index contributed by atoms with van der Waals surface area (Å²) in [6.07, 6.45) is -4.41. The number of amides is 1. The summed E-state index contributed by atoms with van der Waals surface area (Å²) in [6, 6.07) is 3.27. The average molecular weight is 367 g/mol. The van der Waals surface area contributed by atoms with Crippen LogP contribution in [0.5, 0.6) is 0 Å². The van der Waals surface area contributed by atoms with Gasteiger partial charge in [-0.3, -0.25) is 4.79 Å². The molecule has 1 aromatic carbocycles. The van der Waals surface area contributed by atoms with Gasteiger partial charge in [-0.15, -0.1) is 0 Å². The normalized spacial score (nSPS) is 13.1. The number of benzene rings is 1. The van der Waals surface area contributed by atoms with Gasteiger partial charge in [0.15, 0.2) is 0 Å². The lowest BCUT2D eigenvalue weighted by Crippen LogP contribution is -2.39. The van der Waals surface area contributed by atoms with E-state index in [0.717, 1.165) is 12.1 Å². The van der Waals surface area contributed by atoms with Crippen LogP contribution in [0, 0.1) is 5.92 Å². The highest BCUT2D eigenvalue weighted by atomic mass is 79.9. The molecule has 1 atom stereocenters. The van der Waals surface area contributed by atoms with Crippen molar-refractivity contribution >= 4 is 27.5 Å². The Morgan fingerprint density at radius 3 is 2.43 bits per heavy atom. The third-order valence-corrected chi connectivity index (χ3v) is 3.81. The molecule has 21 heavy (non-hydrogen) atoms. The van der Waals surface area contributed by atoms with Gasteiger partial charge in [0.2, 0.25) is 5.91 Å². The van der Waals surface area contributed by atoms with Gasteiger partial charge in [-0.2, -0.15) is 13.2 Å². The summed E-state index contributed by atoms with van der Waals surface area (Å²) < 4.78 is 38.4. The van der Waals surface area contributed by atoms with Crippen LogP contribution >= 0.6 is 15.9 Å². The highest BCUT2D eigenvalue weighted by Crippen LogP contribution is 2.33. The molecule has 1 rings (SSSR count). The third kappa shape index (κ3) is 5.57. The fraction of sp³-hybridized carbons (Fsp3) is 0.500. The van der Waals surface area contributed by atoms with E-state index in [9.17, 15) is 18.0 Å². The minimum Gasteiger partial charge on any atom is -0.375 e. The van der Waals surface area contributed by atoms with Crippen molar-refractivity contribution < 1.29 is 18.0 Å². The zero-order chi connectivity index (χ0) is 16.2. The molecule has 118 valence electrons. The Morgan fingerprint density at radius 2 is 1.90 bits per heavy atom. The maximum atomic E-state index is 12.6.